The van der Waals surface area contributed by atoms with Crippen molar-refractivity contribution in [1.82, 2.24) is 0 Å². The molecule has 0 aliphatic carbocycles. The van der Waals surface area contributed by atoms with E-state index in [-0.39, 0.29) is 25.7 Å². The molecule has 0 saturated carbocycles. The topological polar surface area (TPSA) is 43.4 Å². The summed E-state index contributed by atoms with van der Waals surface area (Å²) in [6.07, 6.45) is -7.65. The van der Waals surface area contributed by atoms with Crippen molar-refractivity contribution < 1.29 is 48.1 Å². The molecule has 0 aromatic heterocycles. The molecule has 0 bridgehead atoms. The summed E-state index contributed by atoms with van der Waals surface area (Å²) >= 11 is 0. The van der Waals surface area contributed by atoms with Crippen LogP contribution in [0.15, 0.2) is 0 Å². The summed E-state index contributed by atoms with van der Waals surface area (Å²) in [5.74, 6) is -5.05. The van der Waals surface area contributed by atoms with Gasteiger partial charge in [-0.2, -0.15) is 39.2 Å². The van der Waals surface area contributed by atoms with Crippen LogP contribution in [-0.2, 0) is 14.5 Å². The van der Waals surface area contributed by atoms with E-state index < -0.39 is 46.7 Å². The minimum atomic E-state index is -6.40. The standard InChI is InChI=1S/C10H14F8O3S/c11-8(12,10(16,17)22(19,20)21-18)6-4-2-1-3-5-7-9(13,14)15/h1-7H2. The second kappa shape index (κ2) is 7.75. The van der Waals surface area contributed by atoms with Crippen LogP contribution in [0.25, 0.3) is 0 Å². The Labute approximate surface area is 121 Å². The third-order valence-corrected chi connectivity index (χ3v) is 3.87. The van der Waals surface area contributed by atoms with Crippen LogP contribution in [0.2, 0.25) is 0 Å². The Morgan fingerprint density at radius 2 is 1.14 bits per heavy atom. The molecule has 0 amide bonds. The van der Waals surface area contributed by atoms with Crippen LogP contribution in [0.3, 0.4) is 0 Å². The van der Waals surface area contributed by atoms with Gasteiger partial charge in [0.2, 0.25) is 0 Å². The Bertz CT molecular complexity index is 432. The monoisotopic (exact) mass is 366 g/mol. The highest BCUT2D eigenvalue weighted by molar-refractivity contribution is 7.87. The van der Waals surface area contributed by atoms with E-state index in [1.165, 1.54) is 0 Å². The number of hydrogen-bond donors (Lipinski definition) is 0. The second-order valence-electron chi connectivity index (χ2n) is 4.62. The molecule has 134 valence electrons. The quantitative estimate of drug-likeness (QED) is 0.414. The van der Waals surface area contributed by atoms with Gasteiger partial charge in [-0.3, -0.25) is 0 Å². The molecule has 0 aliphatic rings. The summed E-state index contributed by atoms with van der Waals surface area (Å²) < 4.78 is 122. The van der Waals surface area contributed by atoms with Crippen molar-refractivity contribution >= 4 is 10.1 Å². The average molecular weight is 366 g/mol. The number of alkyl halides is 7. The van der Waals surface area contributed by atoms with Gasteiger partial charge < -0.3 is 0 Å². The van der Waals surface area contributed by atoms with Gasteiger partial charge in [0.05, 0.1) is 0 Å². The summed E-state index contributed by atoms with van der Waals surface area (Å²) in [6, 6.07) is 0. The summed E-state index contributed by atoms with van der Waals surface area (Å²) in [4.78, 5) is 0. The predicted molar refractivity (Wildman–Crippen MR) is 59.4 cm³/mol. The zero-order chi connectivity index (χ0) is 17.7. The van der Waals surface area contributed by atoms with Gasteiger partial charge in [0.1, 0.15) is 0 Å². The Hall–Kier alpha value is -0.650. The van der Waals surface area contributed by atoms with Crippen LogP contribution in [0.1, 0.15) is 44.9 Å². The Kier molecular flexibility index (Phi) is 7.52. The largest absolute Gasteiger partial charge is 0.434 e. The molecular weight excluding hydrogens is 352 g/mol. The molecule has 0 aromatic carbocycles. The molecule has 0 spiro atoms. The van der Waals surface area contributed by atoms with Gasteiger partial charge in [0.25, 0.3) is 0 Å². The van der Waals surface area contributed by atoms with E-state index >= 15 is 0 Å². The second-order valence-corrected chi connectivity index (χ2v) is 6.17. The van der Waals surface area contributed by atoms with E-state index in [0.29, 0.717) is 0 Å². The van der Waals surface area contributed by atoms with Crippen LogP contribution >= 0.6 is 0 Å². The fraction of sp³-hybridized carbons (Fsp3) is 1.00. The van der Waals surface area contributed by atoms with Crippen LogP contribution in [0, 0.1) is 0 Å². The van der Waals surface area contributed by atoms with Crippen molar-refractivity contribution in [2.24, 2.45) is 0 Å². The van der Waals surface area contributed by atoms with E-state index in [4.69, 9.17) is 0 Å². The maximum Gasteiger partial charge on any atom is 0.434 e. The first-order valence-corrected chi connectivity index (χ1v) is 7.55. The SMILES string of the molecule is O=S(=O)(OF)C(F)(F)C(F)(F)CCCCCCCC(F)(F)F. The van der Waals surface area contributed by atoms with Gasteiger partial charge in [-0.05, 0) is 17.4 Å². The summed E-state index contributed by atoms with van der Waals surface area (Å²) in [5, 5.41) is -5.73. The van der Waals surface area contributed by atoms with Crippen molar-refractivity contribution in [2.75, 3.05) is 0 Å². The van der Waals surface area contributed by atoms with Gasteiger partial charge in [-0.15, -0.1) is 0 Å². The lowest BCUT2D eigenvalue weighted by Gasteiger charge is -2.23. The van der Waals surface area contributed by atoms with Gasteiger partial charge >= 0.3 is 27.5 Å². The molecule has 0 N–H and O–H groups in total. The maximum absolute atomic E-state index is 13.1. The highest BCUT2D eigenvalue weighted by atomic mass is 32.2. The molecular formula is C10H14F8O3S. The molecule has 0 unspecified atom stereocenters. The average Bonchev–Trinajstić information content (AvgIpc) is 2.35. The van der Waals surface area contributed by atoms with Crippen LogP contribution in [-0.4, -0.2) is 25.8 Å². The molecule has 3 nitrogen and oxygen atoms in total. The number of unbranched alkanes of at least 4 members (excludes halogenated alkanes) is 4. The van der Waals surface area contributed by atoms with Crippen LogP contribution in [0.5, 0.6) is 0 Å². The molecule has 12 heteroatoms. The molecule has 0 aliphatic heterocycles. The molecule has 22 heavy (non-hydrogen) atoms. The molecule has 0 radical (unpaired) electrons. The van der Waals surface area contributed by atoms with Crippen molar-refractivity contribution in [2.45, 2.75) is 62.3 Å². The Morgan fingerprint density at radius 3 is 1.55 bits per heavy atom. The van der Waals surface area contributed by atoms with Crippen molar-refractivity contribution in [3.63, 3.8) is 0 Å². The summed E-state index contributed by atoms with van der Waals surface area (Å²) in [6.45, 7) is 0. The first kappa shape index (κ1) is 21.4. The van der Waals surface area contributed by atoms with Crippen LogP contribution < -0.4 is 0 Å². The lowest BCUT2D eigenvalue weighted by atomic mass is 10.1. The fourth-order valence-corrected chi connectivity index (χ4v) is 2.12. The van der Waals surface area contributed by atoms with E-state index in [0.717, 1.165) is 0 Å². The molecule has 0 fully saturated rings. The first-order valence-electron chi connectivity index (χ1n) is 6.14. The third-order valence-electron chi connectivity index (χ3n) is 2.77. The summed E-state index contributed by atoms with van der Waals surface area (Å²) in [5.41, 5.74) is 0. The highest BCUT2D eigenvalue weighted by Gasteiger charge is 2.66. The molecule has 0 saturated heterocycles. The predicted octanol–water partition coefficient (Wildman–Crippen LogP) is 4.74. The van der Waals surface area contributed by atoms with Gasteiger partial charge in [-0.1, -0.05) is 23.7 Å². The fourth-order valence-electron chi connectivity index (χ4n) is 1.57. The summed E-state index contributed by atoms with van der Waals surface area (Å²) in [7, 11) is -6.40. The Balaban J connectivity index is 4.20. The van der Waals surface area contributed by atoms with Gasteiger partial charge in [-0.25, -0.2) is 0 Å². The van der Waals surface area contributed by atoms with E-state index in [9.17, 15) is 43.7 Å². The van der Waals surface area contributed by atoms with Gasteiger partial charge in [0, 0.05) is 12.8 Å². The van der Waals surface area contributed by atoms with Crippen molar-refractivity contribution in [1.29, 1.82) is 0 Å². The number of hydrogen-bond acceptors (Lipinski definition) is 3. The zero-order valence-corrected chi connectivity index (χ0v) is 11.9. The molecule has 0 rings (SSSR count). The maximum atomic E-state index is 13.1. The smallest absolute Gasteiger partial charge is 0.198 e. The van der Waals surface area contributed by atoms with E-state index in [2.05, 4.69) is 0 Å². The van der Waals surface area contributed by atoms with Gasteiger partial charge in [0.15, 0.2) is 0 Å². The normalized spacial score (nSPS) is 14.4. The number of rotatable bonds is 10. The molecule has 0 atom stereocenters. The Morgan fingerprint density at radius 1 is 0.727 bits per heavy atom. The first-order chi connectivity index (χ1) is 9.77. The highest BCUT2D eigenvalue weighted by Crippen LogP contribution is 2.43. The minimum Gasteiger partial charge on any atom is -0.198 e. The van der Waals surface area contributed by atoms with Crippen molar-refractivity contribution in [3.05, 3.63) is 0 Å². The molecule has 0 aromatic rings. The van der Waals surface area contributed by atoms with Crippen molar-refractivity contribution in [3.8, 4) is 0 Å². The third kappa shape index (κ3) is 6.23. The van der Waals surface area contributed by atoms with Crippen LogP contribution in [0.4, 0.5) is 35.3 Å². The lowest BCUT2D eigenvalue weighted by molar-refractivity contribution is -0.173. The lowest BCUT2D eigenvalue weighted by Crippen LogP contribution is -2.47. The molecule has 0 heterocycles. The number of halogens is 8. The van der Waals surface area contributed by atoms with E-state index in [1.54, 1.807) is 0 Å². The zero-order valence-electron chi connectivity index (χ0n) is 11.1. The van der Waals surface area contributed by atoms with E-state index in [1.807, 2.05) is 4.39 Å². The minimum absolute atomic E-state index is 0.0629.